The normalized spacial score (nSPS) is 11.8. The topological polar surface area (TPSA) is 117 Å². The number of hydrogen-bond donors (Lipinski definition) is 4. The lowest BCUT2D eigenvalue weighted by atomic mass is 10.0. The molecule has 172 valence electrons. The van der Waals surface area contributed by atoms with Crippen molar-refractivity contribution in [1.29, 1.82) is 10.7 Å². The molecule has 1 aromatic heterocycles. The molecule has 0 saturated carbocycles. The number of para-hydroxylation sites is 1. The number of carbonyl (C=O) groups is 1. The molecule has 1 heterocycles. The average molecular weight is 461 g/mol. The lowest BCUT2D eigenvalue weighted by molar-refractivity contribution is -0.117. The molecule has 7 nitrogen and oxygen atoms in total. The highest BCUT2D eigenvalue weighted by Gasteiger charge is 2.14. The molecule has 0 aliphatic heterocycles. The lowest BCUT2D eigenvalue weighted by Gasteiger charge is -2.13. The Balaban J connectivity index is 1.40. The van der Waals surface area contributed by atoms with Crippen molar-refractivity contribution >= 4 is 23.2 Å². The molecule has 4 rings (SSSR count). The Labute approximate surface area is 203 Å². The zero-order valence-corrected chi connectivity index (χ0v) is 19.1. The standard InChI is InChI=1S/C28H24N6O/c1-19(20-7-3-2-4-8-20)27(35)32-24-14-11-21(12-15-24)23-13-16-26(31-18-23)34-28(30)33-25-10-6-5-9-22(25)17-29/h2-16,18-19H,1H3,(H,32,35)(H3,30,31,33,34)/t19-/m0/s1. The van der Waals surface area contributed by atoms with Gasteiger partial charge < -0.3 is 15.6 Å². The van der Waals surface area contributed by atoms with E-state index in [1.807, 2.05) is 67.6 Å². The van der Waals surface area contributed by atoms with Gasteiger partial charge in [0.05, 0.1) is 17.2 Å². The smallest absolute Gasteiger partial charge is 0.231 e. The summed E-state index contributed by atoms with van der Waals surface area (Å²) in [6, 6.07) is 30.0. The minimum Gasteiger partial charge on any atom is -0.346 e. The summed E-state index contributed by atoms with van der Waals surface area (Å²) >= 11 is 0. The molecule has 0 aliphatic rings. The van der Waals surface area contributed by atoms with E-state index in [0.717, 1.165) is 22.4 Å². The second-order valence-corrected chi connectivity index (χ2v) is 7.90. The SMILES string of the molecule is C[C@H](C(=O)Nc1ccc(-c2cc/c(=N/C(=N)Nc3ccccc3C#N)[nH]c2)cc1)c1ccccc1. The second-order valence-electron chi connectivity index (χ2n) is 7.90. The summed E-state index contributed by atoms with van der Waals surface area (Å²) in [6.45, 7) is 1.89. The van der Waals surface area contributed by atoms with E-state index in [4.69, 9.17) is 5.41 Å². The Bertz CT molecular complexity index is 1430. The minimum absolute atomic E-state index is 0.0586. The number of hydrogen-bond acceptors (Lipinski definition) is 3. The Hall–Kier alpha value is -4.96. The van der Waals surface area contributed by atoms with Crippen LogP contribution in [0.25, 0.3) is 11.1 Å². The van der Waals surface area contributed by atoms with Gasteiger partial charge in [0, 0.05) is 11.9 Å². The van der Waals surface area contributed by atoms with E-state index in [1.165, 1.54) is 0 Å². The van der Waals surface area contributed by atoms with Gasteiger partial charge in [0.1, 0.15) is 11.6 Å². The highest BCUT2D eigenvalue weighted by atomic mass is 16.1. The third-order valence-electron chi connectivity index (χ3n) is 5.51. The number of amides is 1. The fraction of sp³-hybridized carbons (Fsp3) is 0.0714. The van der Waals surface area contributed by atoms with Gasteiger partial charge in [0.15, 0.2) is 0 Å². The molecule has 0 bridgehead atoms. The number of nitrogens with one attached hydrogen (secondary N) is 4. The largest absolute Gasteiger partial charge is 0.346 e. The van der Waals surface area contributed by atoms with Crippen molar-refractivity contribution in [2.75, 3.05) is 10.6 Å². The van der Waals surface area contributed by atoms with E-state index in [1.54, 1.807) is 36.5 Å². The van der Waals surface area contributed by atoms with E-state index in [2.05, 4.69) is 26.7 Å². The molecule has 0 aliphatic carbocycles. The molecule has 7 heteroatoms. The van der Waals surface area contributed by atoms with Crippen molar-refractivity contribution in [3.05, 3.63) is 114 Å². The molecule has 1 atom stereocenters. The highest BCUT2D eigenvalue weighted by Crippen LogP contribution is 2.22. The van der Waals surface area contributed by atoms with Crippen LogP contribution in [0, 0.1) is 16.7 Å². The molecule has 0 saturated heterocycles. The van der Waals surface area contributed by atoms with Gasteiger partial charge >= 0.3 is 0 Å². The van der Waals surface area contributed by atoms with Crippen LogP contribution in [0.5, 0.6) is 0 Å². The van der Waals surface area contributed by atoms with Crippen molar-refractivity contribution in [3.63, 3.8) is 0 Å². The van der Waals surface area contributed by atoms with Crippen LogP contribution in [0.1, 0.15) is 24.0 Å². The molecular weight excluding hydrogens is 436 g/mol. The van der Waals surface area contributed by atoms with Crippen LogP contribution in [0.15, 0.2) is 102 Å². The van der Waals surface area contributed by atoms with Gasteiger partial charge in [0.2, 0.25) is 11.9 Å². The molecule has 0 unspecified atom stereocenters. The Morgan fingerprint density at radius 2 is 1.60 bits per heavy atom. The van der Waals surface area contributed by atoms with E-state index in [-0.39, 0.29) is 17.8 Å². The van der Waals surface area contributed by atoms with Crippen LogP contribution < -0.4 is 16.1 Å². The first-order chi connectivity index (χ1) is 17.0. The maximum Gasteiger partial charge on any atom is 0.231 e. The summed E-state index contributed by atoms with van der Waals surface area (Å²) < 4.78 is 0. The number of benzene rings is 3. The summed E-state index contributed by atoms with van der Waals surface area (Å²) in [7, 11) is 0. The summed E-state index contributed by atoms with van der Waals surface area (Å²) in [5, 5.41) is 23.1. The van der Waals surface area contributed by atoms with Crippen LogP contribution in [0.4, 0.5) is 11.4 Å². The summed E-state index contributed by atoms with van der Waals surface area (Å²) in [6.07, 6.45) is 1.81. The molecule has 4 N–H and O–H groups in total. The van der Waals surface area contributed by atoms with Crippen LogP contribution >= 0.6 is 0 Å². The lowest BCUT2D eigenvalue weighted by Crippen LogP contribution is -2.18. The Morgan fingerprint density at radius 3 is 2.29 bits per heavy atom. The summed E-state index contributed by atoms with van der Waals surface area (Å²) in [4.78, 5) is 19.9. The highest BCUT2D eigenvalue weighted by molar-refractivity contribution is 5.95. The molecule has 3 aromatic carbocycles. The number of carbonyl (C=O) groups excluding carboxylic acids is 1. The molecule has 0 spiro atoms. The number of anilines is 2. The number of aromatic amines is 1. The van der Waals surface area contributed by atoms with Gasteiger partial charge in [-0.15, -0.1) is 0 Å². The van der Waals surface area contributed by atoms with Crippen LogP contribution in [0.3, 0.4) is 0 Å². The number of nitriles is 1. The van der Waals surface area contributed by atoms with Gasteiger partial charge in [-0.2, -0.15) is 10.3 Å². The zero-order valence-electron chi connectivity index (χ0n) is 19.1. The number of pyridine rings is 1. The number of H-pyrrole nitrogens is 1. The maximum absolute atomic E-state index is 12.6. The van der Waals surface area contributed by atoms with Gasteiger partial charge in [-0.3, -0.25) is 10.2 Å². The molecule has 0 radical (unpaired) electrons. The molecule has 0 fully saturated rings. The first kappa shape index (κ1) is 23.2. The summed E-state index contributed by atoms with van der Waals surface area (Å²) in [5.74, 6) is -0.387. The van der Waals surface area contributed by atoms with Gasteiger partial charge in [-0.25, -0.2) is 0 Å². The molecular formula is C28H24N6O. The number of guanidine groups is 1. The first-order valence-electron chi connectivity index (χ1n) is 11.1. The maximum atomic E-state index is 12.6. The monoisotopic (exact) mass is 460 g/mol. The van der Waals surface area contributed by atoms with E-state index >= 15 is 0 Å². The number of nitrogens with zero attached hydrogens (tertiary/aromatic N) is 2. The fourth-order valence-corrected chi connectivity index (χ4v) is 3.52. The predicted octanol–water partition coefficient (Wildman–Crippen LogP) is 5.24. The van der Waals surface area contributed by atoms with E-state index < -0.39 is 0 Å². The van der Waals surface area contributed by atoms with Crippen LogP contribution in [-0.2, 0) is 4.79 Å². The van der Waals surface area contributed by atoms with Crippen molar-refractivity contribution in [1.82, 2.24) is 4.98 Å². The zero-order chi connectivity index (χ0) is 24.6. The molecule has 4 aromatic rings. The Morgan fingerprint density at radius 1 is 0.914 bits per heavy atom. The van der Waals surface area contributed by atoms with Crippen molar-refractivity contribution < 1.29 is 4.79 Å². The number of rotatable bonds is 5. The van der Waals surface area contributed by atoms with Gasteiger partial charge in [-0.1, -0.05) is 54.6 Å². The van der Waals surface area contributed by atoms with Crippen molar-refractivity contribution in [3.8, 4) is 17.2 Å². The van der Waals surface area contributed by atoms with Crippen molar-refractivity contribution in [2.45, 2.75) is 12.8 Å². The van der Waals surface area contributed by atoms with Gasteiger partial charge in [-0.05, 0) is 60.0 Å². The van der Waals surface area contributed by atoms with Crippen LogP contribution in [-0.4, -0.2) is 16.9 Å². The van der Waals surface area contributed by atoms with Crippen LogP contribution in [0.2, 0.25) is 0 Å². The minimum atomic E-state index is -0.247. The first-order valence-corrected chi connectivity index (χ1v) is 11.1. The fourth-order valence-electron chi connectivity index (χ4n) is 3.52. The quantitative estimate of drug-likeness (QED) is 0.241. The Kier molecular flexibility index (Phi) is 7.14. The third-order valence-corrected chi connectivity index (χ3v) is 5.51. The molecule has 35 heavy (non-hydrogen) atoms. The number of aromatic nitrogens is 1. The average Bonchev–Trinajstić information content (AvgIpc) is 2.90. The second kappa shape index (κ2) is 10.8. The van der Waals surface area contributed by atoms with E-state index in [9.17, 15) is 10.1 Å². The third kappa shape index (κ3) is 5.89. The predicted molar refractivity (Wildman–Crippen MR) is 138 cm³/mol. The van der Waals surface area contributed by atoms with Gasteiger partial charge in [0.25, 0.3) is 0 Å². The van der Waals surface area contributed by atoms with E-state index in [0.29, 0.717) is 16.7 Å². The summed E-state index contributed by atoms with van der Waals surface area (Å²) in [5.41, 5.74) is 5.09. The molecule has 1 amide bonds. The van der Waals surface area contributed by atoms with Crippen molar-refractivity contribution in [2.24, 2.45) is 4.99 Å².